The summed E-state index contributed by atoms with van der Waals surface area (Å²) in [5.74, 6) is 0.175. The molecule has 0 saturated heterocycles. The smallest absolute Gasteiger partial charge is 0.237 e. The molecule has 0 aliphatic carbocycles. The summed E-state index contributed by atoms with van der Waals surface area (Å²) in [6.07, 6.45) is 0.287. The van der Waals surface area contributed by atoms with Crippen molar-refractivity contribution in [1.29, 1.82) is 5.26 Å². The van der Waals surface area contributed by atoms with Gasteiger partial charge in [-0.3, -0.25) is 4.79 Å². The number of nitrogens with zero attached hydrogens (tertiary/aromatic N) is 4. The molecule has 3 aromatic rings. The van der Waals surface area contributed by atoms with Gasteiger partial charge in [0.05, 0.1) is 18.2 Å². The minimum absolute atomic E-state index is 0.0609. The van der Waals surface area contributed by atoms with E-state index in [-0.39, 0.29) is 18.1 Å². The lowest BCUT2D eigenvalue weighted by Gasteiger charge is -2.21. The van der Waals surface area contributed by atoms with Crippen LogP contribution in [0.4, 0.5) is 16.5 Å². The van der Waals surface area contributed by atoms with Crippen LogP contribution >= 0.6 is 23.1 Å². The maximum atomic E-state index is 12.7. The highest BCUT2D eigenvalue weighted by Gasteiger charge is 2.17. The number of carbonyl (C=O) groups is 1. The topological polar surface area (TPSA) is 81.9 Å². The lowest BCUT2D eigenvalue weighted by molar-refractivity contribution is -0.116. The maximum Gasteiger partial charge on any atom is 0.237 e. The van der Waals surface area contributed by atoms with Crippen LogP contribution in [0.15, 0.2) is 65.0 Å². The van der Waals surface area contributed by atoms with Crippen molar-refractivity contribution in [2.45, 2.75) is 10.8 Å². The first-order valence-corrected chi connectivity index (χ1v) is 10.1. The number of amides is 1. The van der Waals surface area contributed by atoms with Crippen molar-refractivity contribution in [3.8, 4) is 6.07 Å². The number of rotatable bonds is 8. The van der Waals surface area contributed by atoms with Crippen LogP contribution in [0.3, 0.4) is 0 Å². The van der Waals surface area contributed by atoms with E-state index >= 15 is 0 Å². The lowest BCUT2D eigenvalue weighted by Crippen LogP contribution is -2.33. The van der Waals surface area contributed by atoms with Crippen LogP contribution in [0, 0.1) is 11.3 Å². The number of hydrogen-bond donors (Lipinski definition) is 1. The Bertz CT molecular complexity index is 909. The zero-order chi connectivity index (χ0) is 18.9. The summed E-state index contributed by atoms with van der Waals surface area (Å²) in [5, 5.41) is 21.0. The number of anilines is 3. The fourth-order valence-corrected chi connectivity index (χ4v) is 3.98. The standard InChI is InChI=1S/C19H17N5OS2/c20-12-7-13-24(16-10-5-2-6-11-16)17(25)14-26-19-23-22-18(27-19)21-15-8-3-1-4-9-15/h1-6,8-11H,7,13-14H2,(H,21,22). The number of hydrogen-bond acceptors (Lipinski definition) is 7. The van der Waals surface area contributed by atoms with E-state index in [0.717, 1.165) is 15.7 Å². The summed E-state index contributed by atoms with van der Waals surface area (Å²) in [6.45, 7) is 0.372. The molecule has 0 spiro atoms. The number of nitriles is 1. The van der Waals surface area contributed by atoms with Gasteiger partial charge in [0.15, 0.2) is 4.34 Å². The molecule has 0 fully saturated rings. The third-order valence-electron chi connectivity index (χ3n) is 3.57. The fraction of sp³-hybridized carbons (Fsp3) is 0.158. The largest absolute Gasteiger partial charge is 0.330 e. The molecule has 0 aliphatic heterocycles. The number of benzene rings is 2. The first-order valence-electron chi connectivity index (χ1n) is 8.27. The molecule has 0 saturated carbocycles. The van der Waals surface area contributed by atoms with Crippen LogP contribution in [0.25, 0.3) is 0 Å². The van der Waals surface area contributed by atoms with Crippen LogP contribution in [-0.2, 0) is 4.79 Å². The van der Waals surface area contributed by atoms with Crippen LogP contribution in [-0.4, -0.2) is 28.4 Å². The quantitative estimate of drug-likeness (QED) is 0.572. The molecule has 0 atom stereocenters. The fourth-order valence-electron chi connectivity index (χ4n) is 2.33. The number of thioether (sulfide) groups is 1. The highest BCUT2D eigenvalue weighted by molar-refractivity contribution is 8.01. The van der Waals surface area contributed by atoms with Crippen molar-refractivity contribution in [3.63, 3.8) is 0 Å². The van der Waals surface area contributed by atoms with Crippen molar-refractivity contribution < 1.29 is 4.79 Å². The van der Waals surface area contributed by atoms with Gasteiger partial charge in [0, 0.05) is 17.9 Å². The molecule has 6 nitrogen and oxygen atoms in total. The van der Waals surface area contributed by atoms with Gasteiger partial charge in [-0.2, -0.15) is 5.26 Å². The van der Waals surface area contributed by atoms with E-state index in [1.165, 1.54) is 23.1 Å². The molecule has 3 rings (SSSR count). The summed E-state index contributed by atoms with van der Waals surface area (Å²) in [5.41, 5.74) is 1.73. The van der Waals surface area contributed by atoms with Crippen LogP contribution in [0.2, 0.25) is 0 Å². The minimum atomic E-state index is -0.0609. The Balaban J connectivity index is 1.59. The molecular weight excluding hydrogens is 378 g/mol. The van der Waals surface area contributed by atoms with Gasteiger partial charge < -0.3 is 10.2 Å². The van der Waals surface area contributed by atoms with Crippen molar-refractivity contribution >= 4 is 45.5 Å². The monoisotopic (exact) mass is 395 g/mol. The Kier molecular flexibility index (Phi) is 6.79. The molecule has 136 valence electrons. The lowest BCUT2D eigenvalue weighted by atomic mass is 10.2. The zero-order valence-corrected chi connectivity index (χ0v) is 16.0. The summed E-state index contributed by atoms with van der Waals surface area (Å²) in [7, 11) is 0. The summed E-state index contributed by atoms with van der Waals surface area (Å²) < 4.78 is 0.718. The SMILES string of the molecule is N#CCCN(C(=O)CSc1nnc(Nc2ccccc2)s1)c1ccccc1. The highest BCUT2D eigenvalue weighted by Crippen LogP contribution is 2.28. The zero-order valence-electron chi connectivity index (χ0n) is 14.4. The van der Waals surface area contributed by atoms with Gasteiger partial charge >= 0.3 is 0 Å². The van der Waals surface area contributed by atoms with Gasteiger partial charge in [-0.1, -0.05) is 59.5 Å². The molecule has 1 heterocycles. The summed E-state index contributed by atoms with van der Waals surface area (Å²) in [4.78, 5) is 14.3. The summed E-state index contributed by atoms with van der Waals surface area (Å²) >= 11 is 2.75. The average Bonchev–Trinajstić information content (AvgIpc) is 3.15. The van der Waals surface area contributed by atoms with Gasteiger partial charge in [-0.05, 0) is 24.3 Å². The number of aromatic nitrogens is 2. The second-order valence-electron chi connectivity index (χ2n) is 5.44. The molecule has 1 aromatic heterocycles. The van der Waals surface area contributed by atoms with Gasteiger partial charge in [0.1, 0.15) is 0 Å². The van der Waals surface area contributed by atoms with E-state index in [4.69, 9.17) is 5.26 Å². The van der Waals surface area contributed by atoms with Gasteiger partial charge in [-0.25, -0.2) is 0 Å². The molecule has 0 aliphatic rings. The molecule has 0 bridgehead atoms. The molecule has 27 heavy (non-hydrogen) atoms. The van der Waals surface area contributed by atoms with Gasteiger partial charge in [0.2, 0.25) is 11.0 Å². The Labute approximate surface area is 165 Å². The molecule has 1 N–H and O–H groups in total. The molecular formula is C19H17N5OS2. The minimum Gasteiger partial charge on any atom is -0.330 e. The molecule has 0 unspecified atom stereocenters. The van der Waals surface area contributed by atoms with Gasteiger partial charge in [0.25, 0.3) is 0 Å². The number of para-hydroxylation sites is 2. The van der Waals surface area contributed by atoms with E-state index in [0.29, 0.717) is 11.7 Å². The Morgan fingerprint density at radius 3 is 2.52 bits per heavy atom. The average molecular weight is 396 g/mol. The van der Waals surface area contributed by atoms with E-state index in [1.807, 2.05) is 60.7 Å². The predicted molar refractivity (Wildman–Crippen MR) is 109 cm³/mol. The van der Waals surface area contributed by atoms with Gasteiger partial charge in [-0.15, -0.1) is 10.2 Å². The predicted octanol–water partition coefficient (Wildman–Crippen LogP) is 4.32. The molecule has 8 heteroatoms. The van der Waals surface area contributed by atoms with E-state index in [9.17, 15) is 4.79 Å². The first-order chi connectivity index (χ1) is 13.3. The summed E-state index contributed by atoms with van der Waals surface area (Å²) in [6, 6.07) is 21.2. The Morgan fingerprint density at radius 1 is 1.11 bits per heavy atom. The van der Waals surface area contributed by atoms with E-state index in [1.54, 1.807) is 4.90 Å². The Morgan fingerprint density at radius 2 is 1.81 bits per heavy atom. The molecule has 1 amide bonds. The van der Waals surface area contributed by atoms with Crippen molar-refractivity contribution in [1.82, 2.24) is 10.2 Å². The number of nitrogens with one attached hydrogen (secondary N) is 1. The van der Waals surface area contributed by atoms with E-state index < -0.39 is 0 Å². The normalized spacial score (nSPS) is 10.2. The van der Waals surface area contributed by atoms with E-state index in [2.05, 4.69) is 21.6 Å². The third-order valence-corrected chi connectivity index (χ3v) is 5.52. The maximum absolute atomic E-state index is 12.7. The third kappa shape index (κ3) is 5.54. The van der Waals surface area contributed by atoms with Crippen LogP contribution in [0.5, 0.6) is 0 Å². The molecule has 2 aromatic carbocycles. The second-order valence-corrected chi connectivity index (χ2v) is 7.64. The molecule has 0 radical (unpaired) electrons. The number of carbonyl (C=O) groups excluding carboxylic acids is 1. The van der Waals surface area contributed by atoms with Crippen molar-refractivity contribution in [2.75, 3.05) is 22.5 Å². The van der Waals surface area contributed by atoms with Crippen LogP contribution < -0.4 is 10.2 Å². The second kappa shape index (κ2) is 9.71. The van der Waals surface area contributed by atoms with Crippen molar-refractivity contribution in [3.05, 3.63) is 60.7 Å². The van der Waals surface area contributed by atoms with Crippen LogP contribution in [0.1, 0.15) is 6.42 Å². The Hall–Kier alpha value is -2.89. The first kappa shape index (κ1) is 18.9. The van der Waals surface area contributed by atoms with Crippen molar-refractivity contribution in [2.24, 2.45) is 0 Å². The highest BCUT2D eigenvalue weighted by atomic mass is 32.2.